The third-order valence-corrected chi connectivity index (χ3v) is 4.57. The topological polar surface area (TPSA) is 47.6 Å². The van der Waals surface area contributed by atoms with Crippen LogP contribution in [-0.4, -0.2) is 0 Å². The van der Waals surface area contributed by atoms with Crippen molar-refractivity contribution in [3.63, 3.8) is 0 Å². The predicted octanol–water partition coefficient (Wildman–Crippen LogP) is 5.44. The highest BCUT2D eigenvalue weighted by molar-refractivity contribution is 14.1. The Balaban J connectivity index is 2.29. The number of hydrogen-bond acceptors (Lipinski definition) is 2. The first kappa shape index (κ1) is 17.2. The van der Waals surface area contributed by atoms with E-state index >= 15 is 0 Å². The molecule has 114 valence electrons. The Labute approximate surface area is 151 Å². The molecule has 0 radical (unpaired) electrons. The summed E-state index contributed by atoms with van der Waals surface area (Å²) >= 11 is 2.18. The summed E-state index contributed by atoms with van der Waals surface area (Å²) in [7, 11) is 0. The van der Waals surface area contributed by atoms with Gasteiger partial charge >= 0.3 is 0 Å². The van der Waals surface area contributed by atoms with E-state index in [1.54, 1.807) is 0 Å². The van der Waals surface area contributed by atoms with Crippen LogP contribution in [0.3, 0.4) is 0 Å². The minimum absolute atomic E-state index is 0.418. The first-order chi connectivity index (χ1) is 11.1. The van der Waals surface area contributed by atoms with Crippen molar-refractivity contribution in [2.45, 2.75) is 19.8 Å². The zero-order chi connectivity index (χ0) is 16.7. The minimum atomic E-state index is -1.05. The van der Waals surface area contributed by atoms with Gasteiger partial charge in [0.2, 0.25) is 0 Å². The summed E-state index contributed by atoms with van der Waals surface area (Å²) in [4.78, 5) is 0. The minimum Gasteiger partial charge on any atom is -0.197 e. The quantitative estimate of drug-likeness (QED) is 0.615. The van der Waals surface area contributed by atoms with Crippen molar-refractivity contribution in [1.82, 2.24) is 0 Å². The number of hydrogen-bond donors (Lipinski definition) is 0. The molecule has 0 amide bonds. The molecule has 2 nitrogen and oxygen atoms in total. The largest absolute Gasteiger partial charge is 0.197 e. The van der Waals surface area contributed by atoms with Crippen molar-refractivity contribution >= 4 is 28.2 Å². The monoisotopic (exact) mass is 412 g/mol. The third-order valence-electron chi connectivity index (χ3n) is 3.82. The Morgan fingerprint density at radius 2 is 1.65 bits per heavy atom. The maximum atomic E-state index is 9.67. The van der Waals surface area contributed by atoms with Gasteiger partial charge in [0.15, 0.2) is 5.41 Å². The van der Waals surface area contributed by atoms with Crippen molar-refractivity contribution in [3.05, 3.63) is 75.4 Å². The number of halogens is 1. The summed E-state index contributed by atoms with van der Waals surface area (Å²) in [6.07, 6.45) is 0.849. The maximum absolute atomic E-state index is 9.67. The van der Waals surface area contributed by atoms with Crippen molar-refractivity contribution in [2.24, 2.45) is 5.41 Å². The van der Waals surface area contributed by atoms with Gasteiger partial charge in [-0.3, -0.25) is 0 Å². The molecule has 0 spiro atoms. The Kier molecular flexibility index (Phi) is 5.96. The van der Waals surface area contributed by atoms with E-state index in [0.717, 1.165) is 16.7 Å². The summed E-state index contributed by atoms with van der Waals surface area (Å²) in [6.45, 7) is 2.04. The molecule has 0 aromatic heterocycles. The average molecular weight is 412 g/mol. The van der Waals surface area contributed by atoms with Gasteiger partial charge in [0.1, 0.15) is 0 Å². The molecule has 23 heavy (non-hydrogen) atoms. The van der Waals surface area contributed by atoms with Crippen LogP contribution in [0.2, 0.25) is 0 Å². The molecule has 0 saturated heterocycles. The van der Waals surface area contributed by atoms with Gasteiger partial charge in [0.25, 0.3) is 0 Å². The van der Waals surface area contributed by atoms with E-state index in [9.17, 15) is 10.5 Å². The van der Waals surface area contributed by atoms with Gasteiger partial charge in [-0.05, 0) is 27.7 Å². The second-order valence-corrected chi connectivity index (χ2v) is 6.27. The van der Waals surface area contributed by atoms with E-state index < -0.39 is 5.41 Å². The van der Waals surface area contributed by atoms with Crippen LogP contribution in [0.25, 0.3) is 5.57 Å². The lowest BCUT2D eigenvalue weighted by Crippen LogP contribution is -2.20. The molecule has 0 aliphatic heterocycles. The SMILES string of the molecule is Cc1ccc(C(=CI)CC(C#N)(C#N)Cc2ccccc2)cc1. The third kappa shape index (κ3) is 4.43. The smallest absolute Gasteiger partial charge is 0.151 e. The van der Waals surface area contributed by atoms with Crippen LogP contribution < -0.4 is 0 Å². The fourth-order valence-corrected chi connectivity index (χ4v) is 3.07. The molecule has 0 unspecified atom stereocenters. The predicted molar refractivity (Wildman–Crippen MR) is 102 cm³/mol. The number of aryl methyl sites for hydroxylation is 1. The van der Waals surface area contributed by atoms with Crippen LogP contribution in [0.5, 0.6) is 0 Å². The van der Waals surface area contributed by atoms with Crippen molar-refractivity contribution < 1.29 is 0 Å². The van der Waals surface area contributed by atoms with Crippen molar-refractivity contribution in [3.8, 4) is 12.1 Å². The van der Waals surface area contributed by atoms with E-state index in [-0.39, 0.29) is 0 Å². The Hall–Kier alpha value is -2.11. The highest BCUT2D eigenvalue weighted by Crippen LogP contribution is 2.34. The molecule has 2 aromatic carbocycles. The van der Waals surface area contributed by atoms with Gasteiger partial charge < -0.3 is 0 Å². The molecule has 0 heterocycles. The number of benzene rings is 2. The van der Waals surface area contributed by atoms with Gasteiger partial charge in [-0.2, -0.15) is 10.5 Å². The highest BCUT2D eigenvalue weighted by atomic mass is 127. The molecule has 0 aliphatic rings. The van der Waals surface area contributed by atoms with Crippen LogP contribution in [0.15, 0.2) is 58.7 Å². The number of nitriles is 2. The van der Waals surface area contributed by atoms with Crippen molar-refractivity contribution in [1.29, 1.82) is 10.5 Å². The fraction of sp³-hybridized carbons (Fsp3) is 0.200. The summed E-state index contributed by atoms with van der Waals surface area (Å²) in [6, 6.07) is 22.4. The van der Waals surface area contributed by atoms with Crippen molar-refractivity contribution in [2.75, 3.05) is 0 Å². The van der Waals surface area contributed by atoms with Crippen LogP contribution in [-0.2, 0) is 6.42 Å². The molecular formula is C20H17IN2. The first-order valence-corrected chi connectivity index (χ1v) is 8.60. The normalized spacial score (nSPS) is 11.6. The standard InChI is InChI=1S/C20H17IN2/c1-16-7-9-18(10-8-16)19(13-21)12-20(14-22,15-23)11-17-5-3-2-4-6-17/h2-10,13H,11-12H2,1H3. The molecule has 0 atom stereocenters. The maximum Gasteiger partial charge on any atom is 0.151 e. The van der Waals surface area contributed by atoms with Crippen LogP contribution in [0.1, 0.15) is 23.1 Å². The van der Waals surface area contributed by atoms with Crippen LogP contribution in [0, 0.1) is 35.0 Å². The molecule has 0 N–H and O–H groups in total. The van der Waals surface area contributed by atoms with E-state index in [1.165, 1.54) is 5.56 Å². The zero-order valence-electron chi connectivity index (χ0n) is 13.0. The Bertz CT molecular complexity index is 748. The summed E-state index contributed by atoms with van der Waals surface area (Å²) in [5, 5.41) is 19.3. The summed E-state index contributed by atoms with van der Waals surface area (Å²) in [5.74, 6) is 0. The number of nitrogens with zero attached hydrogens (tertiary/aromatic N) is 2. The lowest BCUT2D eigenvalue weighted by Gasteiger charge is -2.20. The molecule has 2 rings (SSSR count). The Morgan fingerprint density at radius 3 is 2.17 bits per heavy atom. The fourth-order valence-electron chi connectivity index (χ4n) is 2.49. The Morgan fingerprint density at radius 1 is 1.04 bits per heavy atom. The van der Waals surface area contributed by atoms with Gasteiger partial charge in [-0.1, -0.05) is 82.8 Å². The lowest BCUT2D eigenvalue weighted by molar-refractivity contribution is 0.534. The molecule has 3 heteroatoms. The van der Waals surface area contributed by atoms with E-state index in [4.69, 9.17) is 0 Å². The second-order valence-electron chi connectivity index (χ2n) is 5.65. The number of rotatable bonds is 5. The van der Waals surface area contributed by atoms with E-state index in [1.807, 2.05) is 65.6 Å². The van der Waals surface area contributed by atoms with E-state index in [2.05, 4.69) is 34.7 Å². The first-order valence-electron chi connectivity index (χ1n) is 7.35. The van der Waals surface area contributed by atoms with Gasteiger partial charge in [-0.25, -0.2) is 0 Å². The molecule has 0 saturated carbocycles. The van der Waals surface area contributed by atoms with Crippen LogP contribution >= 0.6 is 22.6 Å². The van der Waals surface area contributed by atoms with Gasteiger partial charge in [-0.15, -0.1) is 0 Å². The van der Waals surface area contributed by atoms with Gasteiger partial charge in [0, 0.05) is 12.8 Å². The molecule has 0 bridgehead atoms. The molecule has 2 aromatic rings. The average Bonchev–Trinajstić information content (AvgIpc) is 2.60. The molecular weight excluding hydrogens is 395 g/mol. The summed E-state index contributed by atoms with van der Waals surface area (Å²) < 4.78 is 1.97. The zero-order valence-corrected chi connectivity index (χ0v) is 15.1. The molecule has 0 fully saturated rings. The lowest BCUT2D eigenvalue weighted by atomic mass is 9.78. The summed E-state index contributed by atoms with van der Waals surface area (Å²) in [5.41, 5.74) is 3.23. The van der Waals surface area contributed by atoms with E-state index in [0.29, 0.717) is 12.8 Å². The highest BCUT2D eigenvalue weighted by Gasteiger charge is 2.32. The second kappa shape index (κ2) is 7.94. The van der Waals surface area contributed by atoms with Crippen LogP contribution in [0.4, 0.5) is 0 Å². The van der Waals surface area contributed by atoms with Gasteiger partial charge in [0.05, 0.1) is 12.1 Å². The number of allylic oxidation sites excluding steroid dienone is 1. The molecule has 0 aliphatic carbocycles.